The van der Waals surface area contributed by atoms with Crippen molar-refractivity contribution in [2.75, 3.05) is 19.5 Å². The fraction of sp³-hybridized carbons (Fsp3) is 0.174. The van der Waals surface area contributed by atoms with E-state index < -0.39 is 0 Å². The fourth-order valence-corrected chi connectivity index (χ4v) is 3.18. The molecule has 0 amide bonds. The van der Waals surface area contributed by atoms with Gasteiger partial charge in [-0.15, -0.1) is 5.10 Å². The Morgan fingerprint density at radius 2 is 1.87 bits per heavy atom. The van der Waals surface area contributed by atoms with Gasteiger partial charge >= 0.3 is 0 Å². The van der Waals surface area contributed by atoms with Crippen molar-refractivity contribution in [1.82, 2.24) is 14.8 Å². The van der Waals surface area contributed by atoms with E-state index in [1.54, 1.807) is 32.4 Å². The third-order valence-electron chi connectivity index (χ3n) is 4.82. The van der Waals surface area contributed by atoms with Gasteiger partial charge in [-0.3, -0.25) is 4.79 Å². The minimum Gasteiger partial charge on any atom is -0.493 e. The number of aryl methyl sites for hydroxylation is 1. The van der Waals surface area contributed by atoms with E-state index in [0.717, 1.165) is 11.1 Å². The van der Waals surface area contributed by atoms with E-state index in [9.17, 15) is 4.79 Å². The van der Waals surface area contributed by atoms with E-state index in [1.807, 2.05) is 43.3 Å². The topological polar surface area (TPSA) is 91.4 Å². The molecule has 2 aromatic carbocycles. The molecule has 4 aromatic rings. The second-order valence-electron chi connectivity index (χ2n) is 6.81. The van der Waals surface area contributed by atoms with Crippen LogP contribution in [0, 0.1) is 6.92 Å². The first-order valence-corrected chi connectivity index (χ1v) is 9.66. The largest absolute Gasteiger partial charge is 0.493 e. The predicted molar refractivity (Wildman–Crippen MR) is 116 cm³/mol. The number of nitrogens with zero attached hydrogens (tertiary/aromatic N) is 3. The third-order valence-corrected chi connectivity index (χ3v) is 4.82. The number of carbonyl (C=O) groups is 1. The van der Waals surface area contributed by atoms with Gasteiger partial charge in [0.15, 0.2) is 17.3 Å². The van der Waals surface area contributed by atoms with Crippen LogP contribution in [0.2, 0.25) is 0 Å². The van der Waals surface area contributed by atoms with Crippen LogP contribution in [0.4, 0.5) is 5.95 Å². The highest BCUT2D eigenvalue weighted by Crippen LogP contribution is 2.28. The number of hydrogen-bond acceptors (Lipinski definition) is 7. The molecule has 0 radical (unpaired) electrons. The van der Waals surface area contributed by atoms with Crippen LogP contribution in [0.1, 0.15) is 21.5 Å². The molecule has 0 aliphatic heterocycles. The number of furan rings is 1. The Bertz CT molecular complexity index is 1200. The Balaban J connectivity index is 1.66. The molecule has 0 atom stereocenters. The number of benzene rings is 2. The van der Waals surface area contributed by atoms with Crippen LogP contribution in [0.25, 0.3) is 11.6 Å². The molecule has 4 rings (SSSR count). The van der Waals surface area contributed by atoms with Crippen molar-refractivity contribution in [3.8, 4) is 23.1 Å². The lowest BCUT2D eigenvalue weighted by atomic mass is 10.1. The summed E-state index contributed by atoms with van der Waals surface area (Å²) in [6, 6.07) is 16.5. The molecular formula is C23H22N4O4. The van der Waals surface area contributed by atoms with Gasteiger partial charge in [0.2, 0.25) is 11.8 Å². The van der Waals surface area contributed by atoms with Crippen LogP contribution in [0.15, 0.2) is 65.3 Å². The molecule has 2 heterocycles. The van der Waals surface area contributed by atoms with E-state index in [1.165, 1.54) is 10.9 Å². The summed E-state index contributed by atoms with van der Waals surface area (Å²) in [7, 11) is 3.17. The van der Waals surface area contributed by atoms with Crippen molar-refractivity contribution < 1.29 is 18.7 Å². The first-order chi connectivity index (χ1) is 15.1. The minimum absolute atomic E-state index is 0.279. The number of methoxy groups -OCH3 is 2. The SMILES string of the molecule is COc1ccc(CNc2nc(-c3ccco3)nn2C(=O)c2ccccc2C)cc1OC. The zero-order chi connectivity index (χ0) is 21.8. The fourth-order valence-electron chi connectivity index (χ4n) is 3.18. The Labute approximate surface area is 179 Å². The molecule has 0 saturated heterocycles. The molecule has 2 aromatic heterocycles. The van der Waals surface area contributed by atoms with Crippen molar-refractivity contribution in [2.24, 2.45) is 0 Å². The van der Waals surface area contributed by atoms with Crippen molar-refractivity contribution in [1.29, 1.82) is 0 Å². The summed E-state index contributed by atoms with van der Waals surface area (Å²) in [4.78, 5) is 17.7. The van der Waals surface area contributed by atoms with Crippen molar-refractivity contribution in [3.63, 3.8) is 0 Å². The summed E-state index contributed by atoms with van der Waals surface area (Å²) >= 11 is 0. The van der Waals surface area contributed by atoms with E-state index in [4.69, 9.17) is 13.9 Å². The second kappa shape index (κ2) is 8.74. The van der Waals surface area contributed by atoms with Gasteiger partial charge in [0.25, 0.3) is 5.91 Å². The second-order valence-corrected chi connectivity index (χ2v) is 6.81. The quantitative estimate of drug-likeness (QED) is 0.482. The zero-order valence-electron chi connectivity index (χ0n) is 17.5. The summed E-state index contributed by atoms with van der Waals surface area (Å²) in [5, 5.41) is 7.60. The number of ether oxygens (including phenoxy) is 2. The summed E-state index contributed by atoms with van der Waals surface area (Å²) in [5.41, 5.74) is 2.33. The van der Waals surface area contributed by atoms with Gasteiger partial charge in [-0.05, 0) is 48.4 Å². The highest BCUT2D eigenvalue weighted by atomic mass is 16.5. The monoisotopic (exact) mass is 418 g/mol. The minimum atomic E-state index is -0.279. The molecule has 1 N–H and O–H groups in total. The van der Waals surface area contributed by atoms with Gasteiger partial charge in [0.1, 0.15) is 0 Å². The first-order valence-electron chi connectivity index (χ1n) is 9.66. The standard InChI is InChI=1S/C23H22N4O4/c1-15-7-4-5-8-17(15)22(28)27-23(25-21(26-27)19-9-6-12-31-19)24-14-16-10-11-18(29-2)20(13-16)30-3/h4-13H,14H2,1-3H3,(H,24,25,26). The zero-order valence-corrected chi connectivity index (χ0v) is 17.5. The summed E-state index contributed by atoms with van der Waals surface area (Å²) < 4.78 is 17.3. The van der Waals surface area contributed by atoms with E-state index in [2.05, 4.69) is 15.4 Å². The smallest absolute Gasteiger partial charge is 0.281 e. The van der Waals surface area contributed by atoms with E-state index >= 15 is 0 Å². The van der Waals surface area contributed by atoms with Gasteiger partial charge in [-0.1, -0.05) is 24.3 Å². The van der Waals surface area contributed by atoms with Crippen LogP contribution < -0.4 is 14.8 Å². The highest BCUT2D eigenvalue weighted by Gasteiger charge is 2.21. The van der Waals surface area contributed by atoms with Gasteiger partial charge in [-0.25, -0.2) is 0 Å². The lowest BCUT2D eigenvalue weighted by molar-refractivity contribution is 0.0947. The molecule has 0 aliphatic rings. The molecule has 31 heavy (non-hydrogen) atoms. The average Bonchev–Trinajstić information content (AvgIpc) is 3.47. The van der Waals surface area contributed by atoms with Crippen LogP contribution in [-0.4, -0.2) is 34.9 Å². The van der Waals surface area contributed by atoms with Crippen molar-refractivity contribution >= 4 is 11.9 Å². The molecule has 158 valence electrons. The maximum Gasteiger partial charge on any atom is 0.281 e. The van der Waals surface area contributed by atoms with Crippen LogP contribution in [0.3, 0.4) is 0 Å². The average molecular weight is 418 g/mol. The Kier molecular flexibility index (Phi) is 5.70. The Morgan fingerprint density at radius 3 is 2.58 bits per heavy atom. The molecule has 0 bridgehead atoms. The molecule has 0 spiro atoms. The number of rotatable bonds is 7. The molecule has 8 nitrogen and oxygen atoms in total. The molecule has 0 aliphatic carbocycles. The van der Waals surface area contributed by atoms with E-state index in [0.29, 0.717) is 41.1 Å². The van der Waals surface area contributed by atoms with Gasteiger partial charge in [0, 0.05) is 12.1 Å². The molecule has 8 heteroatoms. The maximum atomic E-state index is 13.2. The highest BCUT2D eigenvalue weighted by molar-refractivity contribution is 5.98. The number of aromatic nitrogens is 3. The summed E-state index contributed by atoms with van der Waals surface area (Å²) in [6.07, 6.45) is 1.54. The summed E-state index contributed by atoms with van der Waals surface area (Å²) in [6.45, 7) is 2.28. The van der Waals surface area contributed by atoms with Crippen LogP contribution >= 0.6 is 0 Å². The number of carbonyl (C=O) groups excluding carboxylic acids is 1. The van der Waals surface area contributed by atoms with Crippen molar-refractivity contribution in [2.45, 2.75) is 13.5 Å². The van der Waals surface area contributed by atoms with Gasteiger partial charge in [0.05, 0.1) is 20.5 Å². The Morgan fingerprint density at radius 1 is 1.06 bits per heavy atom. The first kappa shape index (κ1) is 20.2. The third kappa shape index (κ3) is 4.13. The normalized spacial score (nSPS) is 10.7. The lowest BCUT2D eigenvalue weighted by Crippen LogP contribution is -2.18. The van der Waals surface area contributed by atoms with Gasteiger partial charge < -0.3 is 19.2 Å². The number of hydrogen-bond donors (Lipinski definition) is 1. The number of nitrogens with one attached hydrogen (secondary N) is 1. The number of anilines is 1. The lowest BCUT2D eigenvalue weighted by Gasteiger charge is -2.11. The molecule has 0 unspecified atom stereocenters. The van der Waals surface area contributed by atoms with Crippen LogP contribution in [-0.2, 0) is 6.54 Å². The Hall–Kier alpha value is -4.07. The molecule has 0 saturated carbocycles. The summed E-state index contributed by atoms with van der Waals surface area (Å²) in [5.74, 6) is 2.10. The molecule has 0 fully saturated rings. The van der Waals surface area contributed by atoms with Crippen LogP contribution in [0.5, 0.6) is 11.5 Å². The maximum absolute atomic E-state index is 13.2. The molecular weight excluding hydrogens is 396 g/mol. The predicted octanol–water partition coefficient (Wildman–Crippen LogP) is 4.16. The van der Waals surface area contributed by atoms with E-state index in [-0.39, 0.29) is 5.91 Å². The van der Waals surface area contributed by atoms with Gasteiger partial charge in [-0.2, -0.15) is 9.67 Å². The van der Waals surface area contributed by atoms with Crippen molar-refractivity contribution in [3.05, 3.63) is 77.6 Å².